The van der Waals surface area contributed by atoms with Crippen LogP contribution >= 0.6 is 15.9 Å². The fourth-order valence-corrected chi connectivity index (χ4v) is 2.85. The van der Waals surface area contributed by atoms with Crippen molar-refractivity contribution in [3.05, 3.63) is 52.0 Å². The predicted molar refractivity (Wildman–Crippen MR) is 107 cm³/mol. The SMILES string of the molecule is CCOc1cccc(NC(=O)/C(C#N)=C/c2cc(Br)c(OC)cc2OC)c1. The Kier molecular flexibility index (Phi) is 7.26. The number of benzene rings is 2. The molecule has 0 unspecified atom stereocenters. The third kappa shape index (κ3) is 5.25. The second-order valence-corrected chi connectivity index (χ2v) is 6.17. The molecule has 6 nitrogen and oxygen atoms in total. The maximum absolute atomic E-state index is 12.5. The molecule has 27 heavy (non-hydrogen) atoms. The molecule has 0 spiro atoms. The van der Waals surface area contributed by atoms with E-state index in [1.54, 1.807) is 43.5 Å². The molecule has 7 heteroatoms. The van der Waals surface area contributed by atoms with Crippen LogP contribution in [0.1, 0.15) is 12.5 Å². The van der Waals surface area contributed by atoms with Crippen molar-refractivity contribution < 1.29 is 19.0 Å². The standard InChI is InChI=1S/C20H19BrN2O4/c1-4-27-16-7-5-6-15(10-16)23-20(24)14(12-22)8-13-9-17(21)19(26-3)11-18(13)25-2/h5-11H,4H2,1-3H3,(H,23,24)/b14-8+. The molecule has 0 atom stereocenters. The lowest BCUT2D eigenvalue weighted by atomic mass is 10.1. The number of methoxy groups -OCH3 is 2. The van der Waals surface area contributed by atoms with Crippen molar-refractivity contribution in [2.75, 3.05) is 26.1 Å². The van der Waals surface area contributed by atoms with Crippen molar-refractivity contribution in [3.8, 4) is 23.3 Å². The number of hydrogen-bond donors (Lipinski definition) is 1. The molecular weight excluding hydrogens is 412 g/mol. The molecule has 2 aromatic rings. The summed E-state index contributed by atoms with van der Waals surface area (Å²) in [6.45, 7) is 2.40. The first-order valence-corrected chi connectivity index (χ1v) is 8.89. The highest BCUT2D eigenvalue weighted by atomic mass is 79.9. The van der Waals surface area contributed by atoms with Crippen molar-refractivity contribution in [1.29, 1.82) is 5.26 Å². The Hall–Kier alpha value is -2.98. The van der Waals surface area contributed by atoms with E-state index in [0.717, 1.165) is 0 Å². The minimum Gasteiger partial charge on any atom is -0.496 e. The third-order valence-electron chi connectivity index (χ3n) is 3.57. The van der Waals surface area contributed by atoms with Gasteiger partial charge in [-0.3, -0.25) is 4.79 Å². The number of rotatable bonds is 7. The van der Waals surface area contributed by atoms with Crippen LogP contribution < -0.4 is 19.5 Å². The van der Waals surface area contributed by atoms with Gasteiger partial charge in [0.25, 0.3) is 5.91 Å². The molecule has 1 N–H and O–H groups in total. The topological polar surface area (TPSA) is 80.6 Å². The molecule has 0 saturated heterocycles. The summed E-state index contributed by atoms with van der Waals surface area (Å²) in [5.74, 6) is 1.17. The number of halogens is 1. The Bertz CT molecular complexity index is 903. The summed E-state index contributed by atoms with van der Waals surface area (Å²) in [7, 11) is 3.05. The number of carbonyl (C=O) groups excluding carboxylic acids is 1. The summed E-state index contributed by atoms with van der Waals surface area (Å²) in [4.78, 5) is 12.5. The highest BCUT2D eigenvalue weighted by Crippen LogP contribution is 2.34. The van der Waals surface area contributed by atoms with E-state index >= 15 is 0 Å². The highest BCUT2D eigenvalue weighted by Gasteiger charge is 2.14. The van der Waals surface area contributed by atoms with Crippen LogP contribution in [0, 0.1) is 11.3 Å². The van der Waals surface area contributed by atoms with Gasteiger partial charge in [0.1, 0.15) is 28.9 Å². The van der Waals surface area contributed by atoms with E-state index in [1.807, 2.05) is 13.0 Å². The minimum atomic E-state index is -0.528. The zero-order valence-electron chi connectivity index (χ0n) is 15.2. The number of nitriles is 1. The summed E-state index contributed by atoms with van der Waals surface area (Å²) in [6, 6.07) is 12.3. The Balaban J connectivity index is 2.31. The third-order valence-corrected chi connectivity index (χ3v) is 4.19. The molecular formula is C20H19BrN2O4. The minimum absolute atomic E-state index is 0.0628. The van der Waals surface area contributed by atoms with Crippen molar-refractivity contribution in [2.45, 2.75) is 6.92 Å². The van der Waals surface area contributed by atoms with Crippen molar-refractivity contribution in [3.63, 3.8) is 0 Å². The molecule has 140 valence electrons. The molecule has 0 heterocycles. The van der Waals surface area contributed by atoms with Crippen LogP contribution in [0.15, 0.2) is 46.4 Å². The van der Waals surface area contributed by atoms with Gasteiger partial charge in [-0.2, -0.15) is 5.26 Å². The van der Waals surface area contributed by atoms with E-state index in [4.69, 9.17) is 14.2 Å². The van der Waals surface area contributed by atoms with Crippen molar-refractivity contribution in [2.24, 2.45) is 0 Å². The summed E-state index contributed by atoms with van der Waals surface area (Å²) in [6.07, 6.45) is 1.46. The van der Waals surface area contributed by atoms with Gasteiger partial charge in [0.05, 0.1) is 25.3 Å². The normalized spacial score (nSPS) is 10.7. The zero-order chi connectivity index (χ0) is 19.8. The van der Waals surface area contributed by atoms with Crippen molar-refractivity contribution >= 4 is 33.6 Å². The van der Waals surface area contributed by atoms with Crippen LogP contribution in [-0.4, -0.2) is 26.7 Å². The molecule has 0 aliphatic rings. The van der Waals surface area contributed by atoms with Crippen LogP contribution in [0.4, 0.5) is 5.69 Å². The van der Waals surface area contributed by atoms with Gasteiger partial charge in [0.2, 0.25) is 0 Å². The van der Waals surface area contributed by atoms with E-state index in [-0.39, 0.29) is 5.57 Å². The molecule has 2 rings (SSSR count). The molecule has 0 bridgehead atoms. The monoisotopic (exact) mass is 430 g/mol. The van der Waals surface area contributed by atoms with Gasteiger partial charge in [0.15, 0.2) is 0 Å². The van der Waals surface area contributed by atoms with Gasteiger partial charge in [-0.1, -0.05) is 6.07 Å². The Labute approximate surface area is 166 Å². The van der Waals surface area contributed by atoms with Crippen LogP contribution in [-0.2, 0) is 4.79 Å². The molecule has 0 aliphatic carbocycles. The van der Waals surface area contributed by atoms with Crippen molar-refractivity contribution in [1.82, 2.24) is 0 Å². The molecule has 0 saturated carbocycles. The number of ether oxygens (including phenoxy) is 3. The smallest absolute Gasteiger partial charge is 0.266 e. The molecule has 0 aromatic heterocycles. The second-order valence-electron chi connectivity index (χ2n) is 5.31. The van der Waals surface area contributed by atoms with E-state index in [2.05, 4.69) is 21.2 Å². The van der Waals surface area contributed by atoms with Gasteiger partial charge in [-0.25, -0.2) is 0 Å². The predicted octanol–water partition coefficient (Wildman–Crippen LogP) is 4.41. The van der Waals surface area contributed by atoms with E-state index in [0.29, 0.717) is 39.6 Å². The van der Waals surface area contributed by atoms with E-state index in [9.17, 15) is 10.1 Å². The Morgan fingerprint density at radius 2 is 1.96 bits per heavy atom. The maximum Gasteiger partial charge on any atom is 0.266 e. The average Bonchev–Trinajstić information content (AvgIpc) is 2.66. The molecule has 0 aliphatic heterocycles. The number of anilines is 1. The summed E-state index contributed by atoms with van der Waals surface area (Å²) >= 11 is 3.39. The highest BCUT2D eigenvalue weighted by molar-refractivity contribution is 9.10. The fourth-order valence-electron chi connectivity index (χ4n) is 2.33. The summed E-state index contributed by atoms with van der Waals surface area (Å²) in [5, 5.41) is 12.1. The molecule has 1 amide bonds. The first-order chi connectivity index (χ1) is 13.0. The Morgan fingerprint density at radius 3 is 2.59 bits per heavy atom. The molecule has 0 radical (unpaired) electrons. The van der Waals surface area contributed by atoms with Gasteiger partial charge in [-0.05, 0) is 47.1 Å². The number of nitrogens with zero attached hydrogens (tertiary/aromatic N) is 1. The number of hydrogen-bond acceptors (Lipinski definition) is 5. The summed E-state index contributed by atoms with van der Waals surface area (Å²) < 4.78 is 16.6. The lowest BCUT2D eigenvalue weighted by molar-refractivity contribution is -0.112. The number of carbonyl (C=O) groups is 1. The van der Waals surface area contributed by atoms with E-state index < -0.39 is 5.91 Å². The Morgan fingerprint density at radius 1 is 1.22 bits per heavy atom. The number of nitrogens with one attached hydrogen (secondary N) is 1. The first-order valence-electron chi connectivity index (χ1n) is 8.09. The average molecular weight is 431 g/mol. The lowest BCUT2D eigenvalue weighted by Crippen LogP contribution is -2.13. The number of amides is 1. The van der Waals surface area contributed by atoms with Crippen LogP contribution in [0.3, 0.4) is 0 Å². The second kappa shape index (κ2) is 9.64. The van der Waals surface area contributed by atoms with Crippen LogP contribution in [0.25, 0.3) is 6.08 Å². The molecule has 2 aromatic carbocycles. The van der Waals surface area contributed by atoms with Gasteiger partial charge in [-0.15, -0.1) is 0 Å². The van der Waals surface area contributed by atoms with Crippen LogP contribution in [0.2, 0.25) is 0 Å². The van der Waals surface area contributed by atoms with Gasteiger partial charge in [0, 0.05) is 23.4 Å². The summed E-state index contributed by atoms with van der Waals surface area (Å²) in [5.41, 5.74) is 1.04. The maximum atomic E-state index is 12.5. The quantitative estimate of drug-likeness (QED) is 0.519. The lowest BCUT2D eigenvalue weighted by Gasteiger charge is -2.11. The van der Waals surface area contributed by atoms with E-state index in [1.165, 1.54) is 13.2 Å². The van der Waals surface area contributed by atoms with Gasteiger partial charge >= 0.3 is 0 Å². The largest absolute Gasteiger partial charge is 0.496 e. The first kappa shape index (κ1) is 20.3. The zero-order valence-corrected chi connectivity index (χ0v) is 16.8. The van der Waals surface area contributed by atoms with Crippen LogP contribution in [0.5, 0.6) is 17.2 Å². The van der Waals surface area contributed by atoms with Gasteiger partial charge < -0.3 is 19.5 Å². The molecule has 0 fully saturated rings. The fraction of sp³-hybridized carbons (Fsp3) is 0.200.